The van der Waals surface area contributed by atoms with E-state index in [9.17, 15) is 4.79 Å². The molecular formula is C33H23BrN2O2. The minimum Gasteiger partial charge on any atom is -0.488 e. The molecule has 1 heterocycles. The average Bonchev–Trinajstić information content (AvgIpc) is 3.29. The highest BCUT2D eigenvalue weighted by molar-refractivity contribution is 9.10. The van der Waals surface area contributed by atoms with Gasteiger partial charge in [0.1, 0.15) is 18.1 Å². The van der Waals surface area contributed by atoms with E-state index in [2.05, 4.69) is 46.3 Å². The summed E-state index contributed by atoms with van der Waals surface area (Å²) >= 11 is 3.66. The van der Waals surface area contributed by atoms with Crippen LogP contribution in [0, 0.1) is 0 Å². The van der Waals surface area contributed by atoms with Crippen LogP contribution in [0.15, 0.2) is 136 Å². The maximum atomic E-state index is 13.5. The highest BCUT2D eigenvalue weighted by Gasteiger charge is 2.32. The molecule has 1 aliphatic rings. The summed E-state index contributed by atoms with van der Waals surface area (Å²) in [6, 6.07) is 39.6. The smallest absolute Gasteiger partial charge is 0.281 e. The lowest BCUT2D eigenvalue weighted by Crippen LogP contribution is -2.21. The second-order valence-electron chi connectivity index (χ2n) is 8.94. The number of halogens is 1. The van der Waals surface area contributed by atoms with Gasteiger partial charge in [-0.1, -0.05) is 97.1 Å². The Bertz CT molecular complexity index is 1690. The largest absolute Gasteiger partial charge is 0.488 e. The molecule has 0 unspecified atom stereocenters. The molecule has 0 spiro atoms. The number of benzene rings is 5. The molecule has 0 aromatic heterocycles. The summed E-state index contributed by atoms with van der Waals surface area (Å²) in [7, 11) is 0. The molecule has 0 bridgehead atoms. The Morgan fingerprint density at radius 2 is 1.50 bits per heavy atom. The van der Waals surface area contributed by atoms with E-state index in [-0.39, 0.29) is 5.91 Å². The number of amides is 1. The summed E-state index contributed by atoms with van der Waals surface area (Å²) in [5.74, 6) is 0.572. The van der Waals surface area contributed by atoms with Crippen molar-refractivity contribution in [3.63, 3.8) is 0 Å². The van der Waals surface area contributed by atoms with Gasteiger partial charge in [-0.2, -0.15) is 10.1 Å². The standard InChI is InChI=1S/C33H23BrN2O2/c34-30-21-23(18-19-31(30)38-22-26-14-9-13-24-10-7-8-17-28(24)26)20-29-32(25-11-3-1-4-12-25)35-36(33(29)37)27-15-5-2-6-16-27/h1-21H,22H2/b29-20-. The van der Waals surface area contributed by atoms with Crippen LogP contribution in [0.3, 0.4) is 0 Å². The fourth-order valence-corrected chi connectivity index (χ4v) is 5.07. The molecule has 0 fully saturated rings. The first kappa shape index (κ1) is 23.9. The highest BCUT2D eigenvalue weighted by atomic mass is 79.9. The molecule has 5 heteroatoms. The maximum absolute atomic E-state index is 13.5. The Hall–Kier alpha value is -4.48. The molecule has 5 aromatic carbocycles. The van der Waals surface area contributed by atoms with E-state index in [0.29, 0.717) is 17.9 Å². The number of hydrogen-bond donors (Lipinski definition) is 0. The fraction of sp³-hybridized carbons (Fsp3) is 0.0303. The van der Waals surface area contributed by atoms with Gasteiger partial charge >= 0.3 is 0 Å². The van der Waals surface area contributed by atoms with E-state index in [1.807, 2.05) is 97.1 Å². The van der Waals surface area contributed by atoms with Gasteiger partial charge in [0, 0.05) is 5.56 Å². The number of fused-ring (bicyclic) bond motifs is 1. The Kier molecular flexibility index (Phi) is 6.59. The number of hydrogen-bond acceptors (Lipinski definition) is 3. The molecule has 1 aliphatic heterocycles. The van der Waals surface area contributed by atoms with Crippen LogP contribution in [0.2, 0.25) is 0 Å². The topological polar surface area (TPSA) is 41.9 Å². The van der Waals surface area contributed by atoms with E-state index in [0.717, 1.165) is 32.6 Å². The van der Waals surface area contributed by atoms with Crippen molar-refractivity contribution in [1.29, 1.82) is 0 Å². The molecule has 1 amide bonds. The normalized spacial score (nSPS) is 14.2. The van der Waals surface area contributed by atoms with Gasteiger partial charge < -0.3 is 4.74 Å². The molecule has 4 nitrogen and oxygen atoms in total. The van der Waals surface area contributed by atoms with Crippen molar-refractivity contribution < 1.29 is 9.53 Å². The predicted molar refractivity (Wildman–Crippen MR) is 157 cm³/mol. The van der Waals surface area contributed by atoms with Gasteiger partial charge in [0.15, 0.2) is 0 Å². The SMILES string of the molecule is O=C1/C(=C\c2ccc(OCc3cccc4ccccc34)c(Br)c2)C(c2ccccc2)=NN1c1ccccc1. The Morgan fingerprint density at radius 3 is 2.29 bits per heavy atom. The summed E-state index contributed by atoms with van der Waals surface area (Å²) < 4.78 is 6.99. The van der Waals surface area contributed by atoms with Gasteiger partial charge in [-0.15, -0.1) is 0 Å². The van der Waals surface area contributed by atoms with Crippen LogP contribution >= 0.6 is 15.9 Å². The van der Waals surface area contributed by atoms with E-state index in [1.165, 1.54) is 15.8 Å². The first-order valence-corrected chi connectivity index (χ1v) is 13.1. The molecule has 0 atom stereocenters. The second kappa shape index (κ2) is 10.5. The Balaban J connectivity index is 1.29. The highest BCUT2D eigenvalue weighted by Crippen LogP contribution is 2.31. The van der Waals surface area contributed by atoms with Crippen molar-refractivity contribution in [2.24, 2.45) is 5.10 Å². The number of nitrogens with zero attached hydrogens (tertiary/aromatic N) is 2. The molecule has 5 aromatic rings. The van der Waals surface area contributed by atoms with Crippen molar-refractivity contribution in [2.75, 3.05) is 5.01 Å². The number of ether oxygens (including phenoxy) is 1. The molecule has 0 N–H and O–H groups in total. The Morgan fingerprint density at radius 1 is 0.789 bits per heavy atom. The van der Waals surface area contributed by atoms with Crippen LogP contribution in [0.25, 0.3) is 16.8 Å². The lowest BCUT2D eigenvalue weighted by molar-refractivity contribution is -0.114. The van der Waals surface area contributed by atoms with Gasteiger partial charge in [0.25, 0.3) is 5.91 Å². The minimum atomic E-state index is -0.164. The second-order valence-corrected chi connectivity index (χ2v) is 9.80. The minimum absolute atomic E-state index is 0.164. The van der Waals surface area contributed by atoms with Crippen molar-refractivity contribution in [3.05, 3.63) is 148 Å². The molecule has 184 valence electrons. The zero-order valence-corrected chi connectivity index (χ0v) is 22.0. The van der Waals surface area contributed by atoms with Crippen molar-refractivity contribution in [2.45, 2.75) is 6.61 Å². The van der Waals surface area contributed by atoms with E-state index in [4.69, 9.17) is 9.84 Å². The summed E-state index contributed by atoms with van der Waals surface area (Å²) in [6.07, 6.45) is 1.89. The van der Waals surface area contributed by atoms with Gasteiger partial charge in [-0.25, -0.2) is 0 Å². The predicted octanol–water partition coefficient (Wildman–Crippen LogP) is 8.02. The summed E-state index contributed by atoms with van der Waals surface area (Å²) in [6.45, 7) is 0.454. The Labute approximate surface area is 229 Å². The number of hydrazone groups is 1. The lowest BCUT2D eigenvalue weighted by atomic mass is 10.0. The zero-order chi connectivity index (χ0) is 25.9. The summed E-state index contributed by atoms with van der Waals surface area (Å²) in [4.78, 5) is 13.5. The number of carbonyl (C=O) groups excluding carboxylic acids is 1. The van der Waals surface area contributed by atoms with Gasteiger partial charge in [0.2, 0.25) is 0 Å². The van der Waals surface area contributed by atoms with Crippen LogP contribution in [-0.4, -0.2) is 11.6 Å². The zero-order valence-electron chi connectivity index (χ0n) is 20.4. The third-order valence-electron chi connectivity index (χ3n) is 6.46. The van der Waals surface area contributed by atoms with Crippen LogP contribution in [0.1, 0.15) is 16.7 Å². The number of anilines is 1. The molecule has 38 heavy (non-hydrogen) atoms. The number of para-hydroxylation sites is 1. The van der Waals surface area contributed by atoms with Crippen LogP contribution < -0.4 is 9.75 Å². The molecule has 6 rings (SSSR count). The third kappa shape index (κ3) is 4.76. The summed E-state index contributed by atoms with van der Waals surface area (Å²) in [5, 5.41) is 8.55. The monoisotopic (exact) mass is 558 g/mol. The summed E-state index contributed by atoms with van der Waals surface area (Å²) in [5.41, 5.74) is 4.80. The quantitative estimate of drug-likeness (QED) is 0.198. The average molecular weight is 559 g/mol. The van der Waals surface area contributed by atoms with Gasteiger partial charge in [0.05, 0.1) is 15.7 Å². The van der Waals surface area contributed by atoms with Crippen LogP contribution in [-0.2, 0) is 11.4 Å². The number of carbonyl (C=O) groups is 1. The van der Waals surface area contributed by atoms with E-state index >= 15 is 0 Å². The lowest BCUT2D eigenvalue weighted by Gasteiger charge is -2.12. The first-order valence-electron chi connectivity index (χ1n) is 12.3. The van der Waals surface area contributed by atoms with Crippen molar-refractivity contribution in [1.82, 2.24) is 0 Å². The van der Waals surface area contributed by atoms with Gasteiger partial charge in [-0.05, 0) is 68.2 Å². The van der Waals surface area contributed by atoms with Crippen LogP contribution in [0.4, 0.5) is 5.69 Å². The van der Waals surface area contributed by atoms with Gasteiger partial charge in [-0.3, -0.25) is 4.79 Å². The van der Waals surface area contributed by atoms with Crippen molar-refractivity contribution >= 4 is 50.1 Å². The maximum Gasteiger partial charge on any atom is 0.281 e. The van der Waals surface area contributed by atoms with E-state index < -0.39 is 0 Å². The van der Waals surface area contributed by atoms with Crippen LogP contribution in [0.5, 0.6) is 5.75 Å². The number of rotatable bonds is 6. The van der Waals surface area contributed by atoms with Crippen molar-refractivity contribution in [3.8, 4) is 5.75 Å². The molecule has 0 radical (unpaired) electrons. The molecular weight excluding hydrogens is 536 g/mol. The molecule has 0 aliphatic carbocycles. The fourth-order valence-electron chi connectivity index (χ4n) is 4.56. The molecule has 0 saturated carbocycles. The first-order chi connectivity index (χ1) is 18.7. The van der Waals surface area contributed by atoms with E-state index in [1.54, 1.807) is 0 Å². The molecule has 0 saturated heterocycles. The third-order valence-corrected chi connectivity index (χ3v) is 7.08.